The second-order valence-electron chi connectivity index (χ2n) is 4.98. The van der Waals surface area contributed by atoms with Crippen LogP contribution in [0.3, 0.4) is 0 Å². The lowest BCUT2D eigenvalue weighted by molar-refractivity contribution is -0.115. The maximum Gasteiger partial charge on any atom is 0.230 e. The number of ether oxygens (including phenoxy) is 1. The van der Waals surface area contributed by atoms with Gasteiger partial charge in [0.15, 0.2) is 5.13 Å². The molecule has 0 radical (unpaired) electrons. The number of anilines is 1. The van der Waals surface area contributed by atoms with Crippen molar-refractivity contribution in [2.75, 3.05) is 12.4 Å². The summed E-state index contributed by atoms with van der Waals surface area (Å²) in [6.45, 7) is 2.07. The normalized spacial score (nSPS) is 10.5. The Hall–Kier alpha value is -2.18. The maximum atomic E-state index is 12.2. The molecule has 2 aromatic heterocycles. The van der Waals surface area contributed by atoms with Gasteiger partial charge in [-0.3, -0.25) is 4.79 Å². The third-order valence-electron chi connectivity index (χ3n) is 3.29. The molecule has 0 aliphatic rings. The SMILES string of the molecule is COc1ccccc1CC(=O)Nc1nc(-c2ccc(C)s2)cs1. The Bertz CT molecular complexity index is 823. The molecule has 1 aromatic carbocycles. The summed E-state index contributed by atoms with van der Waals surface area (Å²) in [5.41, 5.74) is 1.76. The van der Waals surface area contributed by atoms with Crippen LogP contribution in [0.4, 0.5) is 5.13 Å². The number of hydrogen-bond acceptors (Lipinski definition) is 5. The van der Waals surface area contributed by atoms with Crippen LogP contribution in [0, 0.1) is 6.92 Å². The van der Waals surface area contributed by atoms with Crippen molar-refractivity contribution in [2.45, 2.75) is 13.3 Å². The molecule has 3 aromatic rings. The van der Waals surface area contributed by atoms with Crippen molar-refractivity contribution in [3.05, 3.63) is 52.2 Å². The van der Waals surface area contributed by atoms with E-state index in [2.05, 4.69) is 29.4 Å². The van der Waals surface area contributed by atoms with Gasteiger partial charge in [0.05, 0.1) is 24.1 Å². The number of thiophene rings is 1. The van der Waals surface area contributed by atoms with Gasteiger partial charge in [-0.25, -0.2) is 4.98 Å². The molecular weight excluding hydrogens is 328 g/mol. The highest BCUT2D eigenvalue weighted by Gasteiger charge is 2.11. The summed E-state index contributed by atoms with van der Waals surface area (Å²) in [7, 11) is 1.60. The first kappa shape index (κ1) is 15.7. The van der Waals surface area contributed by atoms with Crippen LogP contribution in [0.15, 0.2) is 41.8 Å². The Morgan fingerprint density at radius 1 is 1.26 bits per heavy atom. The number of carbonyl (C=O) groups is 1. The van der Waals surface area contributed by atoms with E-state index in [1.165, 1.54) is 16.2 Å². The number of rotatable bonds is 5. The summed E-state index contributed by atoms with van der Waals surface area (Å²) in [6, 6.07) is 11.6. The van der Waals surface area contributed by atoms with Gasteiger partial charge >= 0.3 is 0 Å². The third kappa shape index (κ3) is 3.78. The first-order chi connectivity index (χ1) is 11.2. The van der Waals surface area contributed by atoms with Crippen LogP contribution >= 0.6 is 22.7 Å². The van der Waals surface area contributed by atoms with Gasteiger partial charge in [-0.05, 0) is 25.1 Å². The zero-order chi connectivity index (χ0) is 16.2. The van der Waals surface area contributed by atoms with E-state index in [4.69, 9.17) is 4.74 Å². The second-order valence-corrected chi connectivity index (χ2v) is 7.13. The van der Waals surface area contributed by atoms with Crippen molar-refractivity contribution in [3.63, 3.8) is 0 Å². The van der Waals surface area contributed by atoms with E-state index in [-0.39, 0.29) is 12.3 Å². The molecule has 0 aliphatic heterocycles. The quantitative estimate of drug-likeness (QED) is 0.748. The lowest BCUT2D eigenvalue weighted by Crippen LogP contribution is -2.14. The number of aromatic nitrogens is 1. The van der Waals surface area contributed by atoms with Gasteiger partial charge in [0.2, 0.25) is 5.91 Å². The lowest BCUT2D eigenvalue weighted by Gasteiger charge is -2.07. The molecule has 23 heavy (non-hydrogen) atoms. The molecule has 0 bridgehead atoms. The van der Waals surface area contributed by atoms with Gasteiger partial charge in [-0.2, -0.15) is 0 Å². The van der Waals surface area contributed by atoms with Gasteiger partial charge < -0.3 is 10.1 Å². The summed E-state index contributed by atoms with van der Waals surface area (Å²) in [5, 5.41) is 5.44. The van der Waals surface area contributed by atoms with Crippen LogP contribution in [-0.2, 0) is 11.2 Å². The van der Waals surface area contributed by atoms with E-state index in [1.807, 2.05) is 29.6 Å². The molecule has 0 spiro atoms. The number of para-hydroxylation sites is 1. The number of hydrogen-bond donors (Lipinski definition) is 1. The summed E-state index contributed by atoms with van der Waals surface area (Å²) in [4.78, 5) is 19.0. The van der Waals surface area contributed by atoms with Crippen LogP contribution < -0.4 is 10.1 Å². The minimum atomic E-state index is -0.0993. The smallest absolute Gasteiger partial charge is 0.230 e. The monoisotopic (exact) mass is 344 g/mol. The van der Waals surface area contributed by atoms with Crippen molar-refractivity contribution in [1.29, 1.82) is 0 Å². The molecule has 118 valence electrons. The van der Waals surface area contributed by atoms with Gasteiger partial charge in [0.1, 0.15) is 5.75 Å². The van der Waals surface area contributed by atoms with Crippen LogP contribution in [0.2, 0.25) is 0 Å². The van der Waals surface area contributed by atoms with E-state index in [1.54, 1.807) is 18.4 Å². The number of methoxy groups -OCH3 is 1. The first-order valence-electron chi connectivity index (χ1n) is 7.10. The zero-order valence-electron chi connectivity index (χ0n) is 12.8. The molecule has 0 aliphatic carbocycles. The molecular formula is C17H16N2O2S2. The summed E-state index contributed by atoms with van der Waals surface area (Å²) in [6.07, 6.45) is 0.261. The molecule has 0 fully saturated rings. The van der Waals surface area contributed by atoms with Crippen molar-refractivity contribution in [1.82, 2.24) is 4.98 Å². The standard InChI is InChI=1S/C17H16N2O2S2/c1-11-7-8-15(23-11)13-10-22-17(18-13)19-16(20)9-12-5-3-4-6-14(12)21-2/h3-8,10H,9H2,1-2H3,(H,18,19,20). The summed E-state index contributed by atoms with van der Waals surface area (Å²) >= 11 is 3.13. The first-order valence-corrected chi connectivity index (χ1v) is 8.79. The predicted octanol–water partition coefficient (Wildman–Crippen LogP) is 4.37. The molecule has 2 heterocycles. The maximum absolute atomic E-state index is 12.2. The number of nitrogens with one attached hydrogen (secondary N) is 1. The van der Waals surface area contributed by atoms with Crippen molar-refractivity contribution in [3.8, 4) is 16.3 Å². The molecule has 3 rings (SSSR count). The van der Waals surface area contributed by atoms with Crippen LogP contribution in [0.25, 0.3) is 10.6 Å². The highest BCUT2D eigenvalue weighted by Crippen LogP contribution is 2.30. The summed E-state index contributed by atoms with van der Waals surface area (Å²) in [5.74, 6) is 0.620. The van der Waals surface area contributed by atoms with E-state index in [9.17, 15) is 4.79 Å². The average Bonchev–Trinajstić information content (AvgIpc) is 3.16. The Balaban J connectivity index is 1.68. The lowest BCUT2D eigenvalue weighted by atomic mass is 10.1. The predicted molar refractivity (Wildman–Crippen MR) is 95.5 cm³/mol. The molecule has 4 nitrogen and oxygen atoms in total. The topological polar surface area (TPSA) is 51.2 Å². The highest BCUT2D eigenvalue weighted by atomic mass is 32.1. The Kier molecular flexibility index (Phi) is 4.73. The van der Waals surface area contributed by atoms with Gasteiger partial charge in [-0.15, -0.1) is 22.7 Å². The number of nitrogens with zero attached hydrogens (tertiary/aromatic N) is 1. The zero-order valence-corrected chi connectivity index (χ0v) is 14.5. The van der Waals surface area contributed by atoms with Gasteiger partial charge in [0, 0.05) is 15.8 Å². The molecule has 1 amide bonds. The Morgan fingerprint density at radius 2 is 2.09 bits per heavy atom. The van der Waals surface area contributed by atoms with Crippen molar-refractivity contribution < 1.29 is 9.53 Å². The molecule has 0 unspecified atom stereocenters. The number of carbonyl (C=O) groups excluding carboxylic acids is 1. The molecule has 0 saturated heterocycles. The van der Waals surface area contributed by atoms with Crippen LogP contribution in [0.5, 0.6) is 5.75 Å². The van der Waals surface area contributed by atoms with Crippen LogP contribution in [0.1, 0.15) is 10.4 Å². The second kappa shape index (κ2) is 6.93. The van der Waals surface area contributed by atoms with Gasteiger partial charge in [0.25, 0.3) is 0 Å². The number of thiazole rings is 1. The highest BCUT2D eigenvalue weighted by molar-refractivity contribution is 7.17. The number of aryl methyl sites for hydroxylation is 1. The van der Waals surface area contributed by atoms with Gasteiger partial charge in [-0.1, -0.05) is 18.2 Å². The third-order valence-corrected chi connectivity index (χ3v) is 5.07. The molecule has 1 N–H and O–H groups in total. The van der Waals surface area contributed by atoms with E-state index in [0.717, 1.165) is 21.9 Å². The fourth-order valence-electron chi connectivity index (χ4n) is 2.20. The van der Waals surface area contributed by atoms with Crippen molar-refractivity contribution >= 4 is 33.7 Å². The average molecular weight is 344 g/mol. The minimum absolute atomic E-state index is 0.0993. The number of amides is 1. The Labute approximate surface area is 142 Å². The summed E-state index contributed by atoms with van der Waals surface area (Å²) < 4.78 is 5.27. The largest absolute Gasteiger partial charge is 0.496 e. The fourth-order valence-corrected chi connectivity index (χ4v) is 3.83. The molecule has 0 saturated carbocycles. The number of benzene rings is 1. The Morgan fingerprint density at radius 3 is 2.83 bits per heavy atom. The minimum Gasteiger partial charge on any atom is -0.496 e. The van der Waals surface area contributed by atoms with Crippen molar-refractivity contribution in [2.24, 2.45) is 0 Å². The fraction of sp³-hybridized carbons (Fsp3) is 0.176. The van der Waals surface area contributed by atoms with Crippen LogP contribution in [-0.4, -0.2) is 18.0 Å². The van der Waals surface area contributed by atoms with E-state index in [0.29, 0.717) is 5.13 Å². The van der Waals surface area contributed by atoms with E-state index < -0.39 is 0 Å². The molecule has 6 heteroatoms. The molecule has 0 atom stereocenters. The van der Waals surface area contributed by atoms with E-state index >= 15 is 0 Å².